The molecule has 1 rings (SSSR count). The highest BCUT2D eigenvalue weighted by Crippen LogP contribution is 2.28. The van der Waals surface area contributed by atoms with Crippen LogP contribution in [0.2, 0.25) is 0 Å². The van der Waals surface area contributed by atoms with Crippen LogP contribution in [0.15, 0.2) is 12.1 Å². The molecule has 0 aliphatic heterocycles. The van der Waals surface area contributed by atoms with Crippen LogP contribution in [0.4, 0.5) is 5.69 Å². The summed E-state index contributed by atoms with van der Waals surface area (Å²) in [5.41, 5.74) is 1.66. The van der Waals surface area contributed by atoms with E-state index in [4.69, 9.17) is 0 Å². The van der Waals surface area contributed by atoms with Gasteiger partial charge in [0.25, 0.3) is 0 Å². The molecule has 0 spiro atoms. The number of aryl methyl sites for hydroxylation is 1. The molecule has 0 heterocycles. The highest BCUT2D eigenvalue weighted by molar-refractivity contribution is 7.90. The first-order chi connectivity index (χ1) is 8.33. The maximum atomic E-state index is 12.0. The summed E-state index contributed by atoms with van der Waals surface area (Å²) in [6.07, 6.45) is 0. The van der Waals surface area contributed by atoms with Crippen LogP contribution in [0.3, 0.4) is 0 Å². The first kappa shape index (κ1) is 14.8. The predicted octanol–water partition coefficient (Wildman–Crippen LogP) is 2.01. The molecule has 18 heavy (non-hydrogen) atoms. The summed E-state index contributed by atoms with van der Waals surface area (Å²) in [7, 11) is -3.56. The van der Waals surface area contributed by atoms with Gasteiger partial charge in [0, 0.05) is 18.7 Å². The van der Waals surface area contributed by atoms with Crippen LogP contribution < -0.4 is 4.72 Å². The van der Waals surface area contributed by atoms with Gasteiger partial charge in [0.15, 0.2) is 0 Å². The van der Waals surface area contributed by atoms with Crippen molar-refractivity contribution in [3.8, 4) is 5.75 Å². The minimum absolute atomic E-state index is 0.120. The fourth-order valence-electron chi connectivity index (χ4n) is 1.71. The fraction of sp³-hybridized carbons (Fsp3) is 0.500. The molecule has 0 aromatic heterocycles. The van der Waals surface area contributed by atoms with E-state index in [9.17, 15) is 13.5 Å². The first-order valence-corrected chi connectivity index (χ1v) is 7.34. The lowest BCUT2D eigenvalue weighted by molar-refractivity contribution is 0.449. The molecule has 102 valence electrons. The van der Waals surface area contributed by atoms with Crippen LogP contribution >= 0.6 is 0 Å². The van der Waals surface area contributed by atoms with Crippen LogP contribution in [-0.4, -0.2) is 30.9 Å². The highest BCUT2D eigenvalue weighted by atomic mass is 32.2. The third kappa shape index (κ3) is 2.94. The molecular formula is C12H20N2O3S. The second kappa shape index (κ2) is 5.58. The Hall–Kier alpha value is -1.27. The Morgan fingerprint density at radius 2 is 1.78 bits per heavy atom. The lowest BCUT2D eigenvalue weighted by Gasteiger charge is -2.20. The minimum Gasteiger partial charge on any atom is -0.507 e. The number of benzene rings is 1. The average molecular weight is 272 g/mol. The molecule has 5 nitrogen and oxygen atoms in total. The highest BCUT2D eigenvalue weighted by Gasteiger charge is 2.20. The number of hydrogen-bond donors (Lipinski definition) is 2. The summed E-state index contributed by atoms with van der Waals surface area (Å²) < 4.78 is 27.9. The molecule has 0 unspecified atom stereocenters. The van der Waals surface area contributed by atoms with E-state index in [2.05, 4.69) is 4.72 Å². The van der Waals surface area contributed by atoms with Gasteiger partial charge in [-0.25, -0.2) is 0 Å². The number of nitrogens with zero attached hydrogens (tertiary/aromatic N) is 1. The molecule has 0 saturated carbocycles. The zero-order valence-electron chi connectivity index (χ0n) is 11.2. The maximum Gasteiger partial charge on any atom is 0.301 e. The van der Waals surface area contributed by atoms with Gasteiger partial charge in [-0.1, -0.05) is 19.9 Å². The quantitative estimate of drug-likeness (QED) is 0.861. The Morgan fingerprint density at radius 1 is 1.22 bits per heavy atom. The molecule has 1 aromatic rings. The maximum absolute atomic E-state index is 12.0. The Bertz CT molecular complexity index is 522. The van der Waals surface area contributed by atoms with Crippen LogP contribution in [0.5, 0.6) is 5.75 Å². The molecule has 6 heteroatoms. The van der Waals surface area contributed by atoms with E-state index < -0.39 is 10.2 Å². The van der Waals surface area contributed by atoms with Crippen molar-refractivity contribution in [1.82, 2.24) is 4.31 Å². The summed E-state index contributed by atoms with van der Waals surface area (Å²) in [5, 5.41) is 9.79. The third-order valence-electron chi connectivity index (χ3n) is 2.92. The average Bonchev–Trinajstić information content (AvgIpc) is 2.31. The summed E-state index contributed by atoms with van der Waals surface area (Å²) in [6.45, 7) is 7.82. The number of nitrogens with one attached hydrogen (secondary N) is 1. The minimum atomic E-state index is -3.56. The molecule has 0 bridgehead atoms. The molecule has 0 aliphatic rings. The lowest BCUT2D eigenvalue weighted by atomic mass is 10.1. The monoisotopic (exact) mass is 272 g/mol. The van der Waals surface area contributed by atoms with Crippen molar-refractivity contribution in [1.29, 1.82) is 0 Å². The molecule has 1 aromatic carbocycles. The molecule has 0 amide bonds. The van der Waals surface area contributed by atoms with E-state index in [1.165, 1.54) is 4.31 Å². The van der Waals surface area contributed by atoms with Crippen molar-refractivity contribution < 1.29 is 13.5 Å². The Kier molecular flexibility index (Phi) is 4.59. The van der Waals surface area contributed by atoms with Gasteiger partial charge in [-0.15, -0.1) is 0 Å². The Balaban J connectivity index is 3.09. The van der Waals surface area contributed by atoms with E-state index in [1.54, 1.807) is 39.8 Å². The fourth-order valence-corrected chi connectivity index (χ4v) is 3.02. The Labute approximate surface area is 109 Å². The third-order valence-corrected chi connectivity index (χ3v) is 4.59. The second-order valence-corrected chi connectivity index (χ2v) is 5.77. The number of phenolic OH excluding ortho intramolecular Hbond substituents is 1. The SMILES string of the molecule is CCN(CC)S(=O)(=O)Nc1ccc(C)c(O)c1C. The summed E-state index contributed by atoms with van der Waals surface area (Å²) in [6, 6.07) is 3.34. The smallest absolute Gasteiger partial charge is 0.301 e. The van der Waals surface area contributed by atoms with E-state index in [-0.39, 0.29) is 5.75 Å². The number of aromatic hydroxyl groups is 1. The summed E-state index contributed by atoms with van der Waals surface area (Å²) in [5.74, 6) is 0.120. The van der Waals surface area contributed by atoms with E-state index in [0.29, 0.717) is 24.3 Å². The largest absolute Gasteiger partial charge is 0.507 e. The van der Waals surface area contributed by atoms with Gasteiger partial charge in [0.2, 0.25) is 0 Å². The molecule has 0 aliphatic carbocycles. The van der Waals surface area contributed by atoms with Crippen molar-refractivity contribution in [3.63, 3.8) is 0 Å². The zero-order valence-corrected chi connectivity index (χ0v) is 12.0. The van der Waals surface area contributed by atoms with Gasteiger partial charge in [0.1, 0.15) is 5.75 Å². The van der Waals surface area contributed by atoms with Gasteiger partial charge in [-0.05, 0) is 25.5 Å². The molecule has 0 atom stereocenters. The molecule has 0 radical (unpaired) electrons. The summed E-state index contributed by atoms with van der Waals surface area (Å²) in [4.78, 5) is 0. The van der Waals surface area contributed by atoms with Crippen LogP contribution in [0.25, 0.3) is 0 Å². The molecule has 2 N–H and O–H groups in total. The first-order valence-electron chi connectivity index (χ1n) is 5.90. The van der Waals surface area contributed by atoms with Crippen LogP contribution in [-0.2, 0) is 10.2 Å². The topological polar surface area (TPSA) is 69.6 Å². The number of phenols is 1. The van der Waals surface area contributed by atoms with Gasteiger partial charge in [-0.3, -0.25) is 4.72 Å². The zero-order chi connectivity index (χ0) is 13.9. The number of rotatable bonds is 5. The van der Waals surface area contributed by atoms with E-state index in [0.717, 1.165) is 5.56 Å². The lowest BCUT2D eigenvalue weighted by Crippen LogP contribution is -2.35. The van der Waals surface area contributed by atoms with Crippen LogP contribution in [0, 0.1) is 13.8 Å². The molecular weight excluding hydrogens is 252 g/mol. The summed E-state index contributed by atoms with van der Waals surface area (Å²) >= 11 is 0. The van der Waals surface area contributed by atoms with E-state index >= 15 is 0 Å². The Morgan fingerprint density at radius 3 is 2.28 bits per heavy atom. The van der Waals surface area contributed by atoms with Gasteiger partial charge in [-0.2, -0.15) is 12.7 Å². The van der Waals surface area contributed by atoms with Gasteiger partial charge < -0.3 is 5.11 Å². The van der Waals surface area contributed by atoms with E-state index in [1.807, 2.05) is 0 Å². The second-order valence-electron chi connectivity index (χ2n) is 4.10. The molecule has 0 fully saturated rings. The van der Waals surface area contributed by atoms with Crippen molar-refractivity contribution in [2.45, 2.75) is 27.7 Å². The van der Waals surface area contributed by atoms with Crippen LogP contribution in [0.1, 0.15) is 25.0 Å². The number of anilines is 1. The normalized spacial score (nSPS) is 11.8. The predicted molar refractivity (Wildman–Crippen MR) is 73.0 cm³/mol. The standard InChI is InChI=1S/C12H20N2O3S/c1-5-14(6-2)18(16,17)13-11-8-7-9(3)12(15)10(11)4/h7-8,13,15H,5-6H2,1-4H3. The van der Waals surface area contributed by atoms with Crippen molar-refractivity contribution in [2.24, 2.45) is 0 Å². The van der Waals surface area contributed by atoms with Gasteiger partial charge in [0.05, 0.1) is 5.69 Å². The van der Waals surface area contributed by atoms with Gasteiger partial charge >= 0.3 is 10.2 Å². The van der Waals surface area contributed by atoms with Crippen molar-refractivity contribution >= 4 is 15.9 Å². The van der Waals surface area contributed by atoms with Crippen molar-refractivity contribution in [3.05, 3.63) is 23.3 Å². The molecule has 0 saturated heterocycles. The number of hydrogen-bond acceptors (Lipinski definition) is 3. The van der Waals surface area contributed by atoms with Crippen molar-refractivity contribution in [2.75, 3.05) is 17.8 Å².